The van der Waals surface area contributed by atoms with E-state index in [1.165, 1.54) is 0 Å². The zero-order valence-electron chi connectivity index (χ0n) is 16.4. The molecule has 1 amide bonds. The highest BCUT2D eigenvalue weighted by Gasteiger charge is 2.35. The Morgan fingerprint density at radius 3 is 2.46 bits per heavy atom. The Hall–Kier alpha value is -2.08. The zero-order valence-corrected chi connectivity index (χ0v) is 16.4. The summed E-state index contributed by atoms with van der Waals surface area (Å²) < 4.78 is 5.55. The molecule has 0 saturated carbocycles. The highest BCUT2D eigenvalue weighted by atomic mass is 16.6. The molecule has 144 valence electrons. The van der Waals surface area contributed by atoms with Gasteiger partial charge in [0.1, 0.15) is 5.60 Å². The molecular weight excluding hydrogens is 332 g/mol. The standard InChI is InChI=1S/C20H30N2O4/c1-14(2)17-13-21(10-11-22(17)19(25)26-20(3,4)5)12-15-8-6-7-9-16(15)18(23)24/h6-9,14,17H,10-13H2,1-5H3,(H,23,24)/t17-/m1/s1. The molecule has 6 heteroatoms. The van der Waals surface area contributed by atoms with E-state index in [2.05, 4.69) is 18.7 Å². The van der Waals surface area contributed by atoms with Crippen LogP contribution < -0.4 is 0 Å². The summed E-state index contributed by atoms with van der Waals surface area (Å²) in [7, 11) is 0. The molecule has 1 aromatic rings. The lowest BCUT2D eigenvalue weighted by atomic mass is 9.99. The van der Waals surface area contributed by atoms with Crippen LogP contribution in [0.2, 0.25) is 0 Å². The number of hydrogen-bond acceptors (Lipinski definition) is 4. The molecular formula is C20H30N2O4. The number of benzene rings is 1. The lowest BCUT2D eigenvalue weighted by Crippen LogP contribution is -2.57. The van der Waals surface area contributed by atoms with Gasteiger partial charge in [-0.05, 0) is 38.3 Å². The quantitative estimate of drug-likeness (QED) is 0.888. The van der Waals surface area contributed by atoms with E-state index in [1.807, 2.05) is 37.8 Å². The Bertz CT molecular complexity index is 651. The van der Waals surface area contributed by atoms with Gasteiger partial charge in [-0.15, -0.1) is 0 Å². The molecule has 2 rings (SSSR count). The molecule has 1 heterocycles. The summed E-state index contributed by atoms with van der Waals surface area (Å²) in [5.74, 6) is -0.631. The van der Waals surface area contributed by atoms with E-state index >= 15 is 0 Å². The molecule has 6 nitrogen and oxygen atoms in total. The molecule has 0 aromatic heterocycles. The van der Waals surface area contributed by atoms with Crippen molar-refractivity contribution in [1.82, 2.24) is 9.80 Å². The van der Waals surface area contributed by atoms with Gasteiger partial charge >= 0.3 is 12.1 Å². The molecule has 0 radical (unpaired) electrons. The van der Waals surface area contributed by atoms with Crippen molar-refractivity contribution in [2.24, 2.45) is 5.92 Å². The number of carboxylic acid groups (broad SMARTS) is 1. The number of nitrogens with zero attached hydrogens (tertiary/aromatic N) is 2. The number of hydrogen-bond donors (Lipinski definition) is 1. The lowest BCUT2D eigenvalue weighted by Gasteiger charge is -2.43. The van der Waals surface area contributed by atoms with Crippen molar-refractivity contribution < 1.29 is 19.4 Å². The number of carbonyl (C=O) groups excluding carboxylic acids is 1. The van der Waals surface area contributed by atoms with Gasteiger partial charge in [-0.3, -0.25) is 4.90 Å². The minimum Gasteiger partial charge on any atom is -0.478 e. The van der Waals surface area contributed by atoms with Crippen LogP contribution in [0.15, 0.2) is 24.3 Å². The molecule has 0 unspecified atom stereocenters. The van der Waals surface area contributed by atoms with Crippen LogP contribution in [0, 0.1) is 5.92 Å². The van der Waals surface area contributed by atoms with Gasteiger partial charge in [0.15, 0.2) is 0 Å². The van der Waals surface area contributed by atoms with Crippen LogP contribution in [-0.2, 0) is 11.3 Å². The first kappa shape index (κ1) is 20.2. The largest absolute Gasteiger partial charge is 0.478 e. The van der Waals surface area contributed by atoms with E-state index < -0.39 is 11.6 Å². The molecule has 0 bridgehead atoms. The molecule has 0 aliphatic carbocycles. The fourth-order valence-electron chi connectivity index (χ4n) is 3.24. The van der Waals surface area contributed by atoms with Crippen LogP contribution in [0.5, 0.6) is 0 Å². The summed E-state index contributed by atoms with van der Waals surface area (Å²) in [4.78, 5) is 28.0. The second-order valence-electron chi connectivity index (χ2n) is 8.18. The minimum absolute atomic E-state index is 0.0376. The summed E-state index contributed by atoms with van der Waals surface area (Å²) in [5.41, 5.74) is 0.618. The third kappa shape index (κ3) is 5.21. The van der Waals surface area contributed by atoms with Crippen LogP contribution >= 0.6 is 0 Å². The fraction of sp³-hybridized carbons (Fsp3) is 0.600. The van der Waals surface area contributed by atoms with Crippen molar-refractivity contribution >= 4 is 12.1 Å². The predicted molar refractivity (Wildman–Crippen MR) is 100 cm³/mol. The van der Waals surface area contributed by atoms with E-state index in [4.69, 9.17) is 4.74 Å². The minimum atomic E-state index is -0.909. The van der Waals surface area contributed by atoms with Crippen LogP contribution in [0.25, 0.3) is 0 Å². The zero-order chi connectivity index (χ0) is 19.5. The summed E-state index contributed by atoms with van der Waals surface area (Å²) in [6, 6.07) is 7.13. The molecule has 1 fully saturated rings. The average Bonchev–Trinajstić information content (AvgIpc) is 2.53. The Balaban J connectivity index is 2.10. The van der Waals surface area contributed by atoms with Gasteiger partial charge in [0, 0.05) is 26.2 Å². The van der Waals surface area contributed by atoms with Crippen molar-refractivity contribution in [2.45, 2.75) is 52.8 Å². The number of aromatic carboxylic acids is 1. The molecule has 26 heavy (non-hydrogen) atoms. The van der Waals surface area contributed by atoms with Gasteiger partial charge in [-0.25, -0.2) is 9.59 Å². The number of amides is 1. The topological polar surface area (TPSA) is 70.1 Å². The maximum atomic E-state index is 12.5. The Morgan fingerprint density at radius 1 is 1.23 bits per heavy atom. The first-order valence-electron chi connectivity index (χ1n) is 9.11. The fourth-order valence-corrected chi connectivity index (χ4v) is 3.24. The third-order valence-electron chi connectivity index (χ3n) is 4.54. The molecule has 0 spiro atoms. The Kier molecular flexibility index (Phi) is 6.29. The van der Waals surface area contributed by atoms with Crippen molar-refractivity contribution in [1.29, 1.82) is 0 Å². The number of ether oxygens (including phenoxy) is 1. The van der Waals surface area contributed by atoms with Gasteiger partial charge in [0.25, 0.3) is 0 Å². The summed E-state index contributed by atoms with van der Waals surface area (Å²) in [6.07, 6.45) is -0.276. The lowest BCUT2D eigenvalue weighted by molar-refractivity contribution is -0.0106. The maximum absolute atomic E-state index is 12.5. The smallest absolute Gasteiger partial charge is 0.410 e. The van der Waals surface area contributed by atoms with Crippen LogP contribution in [-0.4, -0.2) is 58.2 Å². The monoisotopic (exact) mass is 362 g/mol. The van der Waals surface area contributed by atoms with Crippen molar-refractivity contribution in [3.8, 4) is 0 Å². The second-order valence-corrected chi connectivity index (χ2v) is 8.18. The van der Waals surface area contributed by atoms with E-state index in [-0.39, 0.29) is 18.1 Å². The third-order valence-corrected chi connectivity index (χ3v) is 4.54. The van der Waals surface area contributed by atoms with Gasteiger partial charge in [0.2, 0.25) is 0 Å². The highest BCUT2D eigenvalue weighted by molar-refractivity contribution is 5.89. The summed E-state index contributed by atoms with van der Waals surface area (Å²) in [6.45, 7) is 12.3. The summed E-state index contributed by atoms with van der Waals surface area (Å²) >= 11 is 0. The maximum Gasteiger partial charge on any atom is 0.410 e. The molecule has 1 N–H and O–H groups in total. The van der Waals surface area contributed by atoms with E-state index in [1.54, 1.807) is 12.1 Å². The second kappa shape index (κ2) is 8.08. The number of carbonyl (C=O) groups is 2. The van der Waals surface area contributed by atoms with Gasteiger partial charge in [-0.2, -0.15) is 0 Å². The molecule has 1 aromatic carbocycles. The SMILES string of the molecule is CC(C)[C@H]1CN(Cc2ccccc2C(=O)O)CCN1C(=O)OC(C)(C)C. The summed E-state index contributed by atoms with van der Waals surface area (Å²) in [5, 5.41) is 9.37. The van der Waals surface area contributed by atoms with E-state index in [9.17, 15) is 14.7 Å². The van der Waals surface area contributed by atoms with E-state index in [0.717, 1.165) is 5.56 Å². The van der Waals surface area contributed by atoms with Crippen molar-refractivity contribution in [3.63, 3.8) is 0 Å². The van der Waals surface area contributed by atoms with Crippen LogP contribution in [0.4, 0.5) is 4.79 Å². The normalized spacial score (nSPS) is 18.8. The molecule has 1 atom stereocenters. The first-order chi connectivity index (χ1) is 12.1. The number of rotatable bonds is 4. The molecule has 1 aliphatic rings. The van der Waals surface area contributed by atoms with Crippen molar-refractivity contribution in [2.75, 3.05) is 19.6 Å². The average molecular weight is 362 g/mol. The Morgan fingerprint density at radius 2 is 1.88 bits per heavy atom. The van der Waals surface area contributed by atoms with Crippen molar-refractivity contribution in [3.05, 3.63) is 35.4 Å². The first-order valence-corrected chi connectivity index (χ1v) is 9.11. The predicted octanol–water partition coefficient (Wildman–Crippen LogP) is 3.46. The van der Waals surface area contributed by atoms with Crippen LogP contribution in [0.3, 0.4) is 0 Å². The van der Waals surface area contributed by atoms with Crippen LogP contribution in [0.1, 0.15) is 50.5 Å². The number of piperazine rings is 1. The van der Waals surface area contributed by atoms with Gasteiger partial charge in [0.05, 0.1) is 11.6 Å². The van der Waals surface area contributed by atoms with Gasteiger partial charge < -0.3 is 14.7 Å². The highest BCUT2D eigenvalue weighted by Crippen LogP contribution is 2.22. The van der Waals surface area contributed by atoms with E-state index in [0.29, 0.717) is 31.7 Å². The number of carboxylic acids is 1. The Labute approximate surface area is 155 Å². The van der Waals surface area contributed by atoms with Gasteiger partial charge in [-0.1, -0.05) is 32.0 Å². The molecule has 1 aliphatic heterocycles. The molecule has 1 saturated heterocycles.